The van der Waals surface area contributed by atoms with Crippen LogP contribution in [0.5, 0.6) is 0 Å². The minimum Gasteiger partial charge on any atom is -0.375 e. The molecule has 0 saturated carbocycles. The van der Waals surface area contributed by atoms with Crippen molar-refractivity contribution < 1.29 is 14.3 Å². The van der Waals surface area contributed by atoms with E-state index in [9.17, 15) is 9.59 Å². The van der Waals surface area contributed by atoms with Crippen LogP contribution in [0.15, 0.2) is 30.3 Å². The molecular formula is C23H28N4O3. The molecule has 0 spiro atoms. The molecule has 0 aliphatic carbocycles. The SMILES string of the molecule is COCC(=O)N1CCCC[C@H]1c1nc(C)c2c(n1)N(CCc1ccccc1)C(=O)C2. The van der Waals surface area contributed by atoms with E-state index in [1.807, 2.05) is 30.0 Å². The molecule has 30 heavy (non-hydrogen) atoms. The first-order chi connectivity index (χ1) is 14.6. The molecule has 2 amide bonds. The van der Waals surface area contributed by atoms with Gasteiger partial charge in [-0.15, -0.1) is 0 Å². The topological polar surface area (TPSA) is 75.6 Å². The number of nitrogens with zero attached hydrogens (tertiary/aromatic N) is 4. The Morgan fingerprint density at radius 3 is 2.77 bits per heavy atom. The Labute approximate surface area is 177 Å². The highest BCUT2D eigenvalue weighted by molar-refractivity contribution is 6.00. The van der Waals surface area contributed by atoms with E-state index in [1.165, 1.54) is 12.7 Å². The van der Waals surface area contributed by atoms with Crippen LogP contribution < -0.4 is 4.90 Å². The lowest BCUT2D eigenvalue weighted by Gasteiger charge is -2.35. The fourth-order valence-electron chi connectivity index (χ4n) is 4.37. The second kappa shape index (κ2) is 8.92. The number of amides is 2. The fraction of sp³-hybridized carbons (Fsp3) is 0.478. The number of likely N-dealkylation sites (tertiary alicyclic amines) is 1. The third-order valence-corrected chi connectivity index (χ3v) is 5.95. The molecule has 1 atom stereocenters. The molecule has 0 N–H and O–H groups in total. The number of carbonyl (C=O) groups excluding carboxylic acids is 2. The second-order valence-corrected chi connectivity index (χ2v) is 7.96. The standard InChI is InChI=1S/C23H28N4O3/c1-16-18-14-20(28)27(13-11-17-8-4-3-5-9-17)23(18)25-22(24-16)19-10-6-7-12-26(19)21(29)15-30-2/h3-5,8-9,19H,6-7,10-15H2,1-2H3/t19-/m0/s1. The Morgan fingerprint density at radius 1 is 1.20 bits per heavy atom. The maximum Gasteiger partial charge on any atom is 0.249 e. The van der Waals surface area contributed by atoms with Gasteiger partial charge in [-0.3, -0.25) is 14.5 Å². The molecule has 2 aliphatic rings. The lowest BCUT2D eigenvalue weighted by Crippen LogP contribution is -2.41. The average molecular weight is 409 g/mol. The number of benzene rings is 1. The molecule has 1 saturated heterocycles. The van der Waals surface area contributed by atoms with Gasteiger partial charge in [0.25, 0.3) is 0 Å². The van der Waals surface area contributed by atoms with E-state index in [-0.39, 0.29) is 24.5 Å². The minimum atomic E-state index is -0.169. The number of hydrogen-bond acceptors (Lipinski definition) is 5. The van der Waals surface area contributed by atoms with Crippen molar-refractivity contribution >= 4 is 17.6 Å². The van der Waals surface area contributed by atoms with Crippen molar-refractivity contribution in [1.29, 1.82) is 0 Å². The summed E-state index contributed by atoms with van der Waals surface area (Å²) in [7, 11) is 1.53. The van der Waals surface area contributed by atoms with Crippen LogP contribution in [0.25, 0.3) is 0 Å². The van der Waals surface area contributed by atoms with Crippen LogP contribution in [0.1, 0.15) is 47.9 Å². The van der Waals surface area contributed by atoms with Crippen molar-refractivity contribution in [3.05, 3.63) is 53.0 Å². The molecular weight excluding hydrogens is 380 g/mol. The molecule has 0 bridgehead atoms. The summed E-state index contributed by atoms with van der Waals surface area (Å²) in [5.74, 6) is 1.37. The summed E-state index contributed by atoms with van der Waals surface area (Å²) < 4.78 is 5.06. The molecule has 7 heteroatoms. The monoisotopic (exact) mass is 408 g/mol. The summed E-state index contributed by atoms with van der Waals surface area (Å²) in [6.07, 6.45) is 3.93. The first kappa shape index (κ1) is 20.5. The Morgan fingerprint density at radius 2 is 2.00 bits per heavy atom. The van der Waals surface area contributed by atoms with Gasteiger partial charge in [-0.05, 0) is 38.2 Å². The average Bonchev–Trinajstić information content (AvgIpc) is 3.09. The zero-order valence-electron chi connectivity index (χ0n) is 17.6. The number of aryl methyl sites for hydroxylation is 1. The number of fused-ring (bicyclic) bond motifs is 1. The van der Waals surface area contributed by atoms with Crippen LogP contribution in [0.4, 0.5) is 5.82 Å². The molecule has 1 fully saturated rings. The number of rotatable bonds is 6. The van der Waals surface area contributed by atoms with Crippen LogP contribution in [0, 0.1) is 6.92 Å². The third kappa shape index (κ3) is 4.07. The highest BCUT2D eigenvalue weighted by atomic mass is 16.5. The van der Waals surface area contributed by atoms with Crippen LogP contribution in [0.3, 0.4) is 0 Å². The van der Waals surface area contributed by atoms with Gasteiger partial charge in [-0.2, -0.15) is 0 Å². The van der Waals surface area contributed by atoms with E-state index in [2.05, 4.69) is 12.1 Å². The number of carbonyl (C=O) groups is 2. The normalized spacial score (nSPS) is 18.6. The minimum absolute atomic E-state index is 0.0408. The molecule has 0 unspecified atom stereocenters. The van der Waals surface area contributed by atoms with Crippen molar-refractivity contribution in [1.82, 2.24) is 14.9 Å². The van der Waals surface area contributed by atoms with Crippen LogP contribution in [-0.2, 0) is 27.2 Å². The van der Waals surface area contributed by atoms with Crippen LogP contribution in [0.2, 0.25) is 0 Å². The first-order valence-corrected chi connectivity index (χ1v) is 10.6. The Balaban J connectivity index is 1.61. The summed E-state index contributed by atoms with van der Waals surface area (Å²) in [6.45, 7) is 3.26. The number of hydrogen-bond donors (Lipinski definition) is 0. The van der Waals surface area contributed by atoms with E-state index in [1.54, 1.807) is 4.90 Å². The predicted molar refractivity (Wildman–Crippen MR) is 113 cm³/mol. The number of methoxy groups -OCH3 is 1. The molecule has 1 aromatic heterocycles. The molecule has 3 heterocycles. The third-order valence-electron chi connectivity index (χ3n) is 5.95. The van der Waals surface area contributed by atoms with E-state index >= 15 is 0 Å². The van der Waals surface area contributed by atoms with Crippen molar-refractivity contribution in [2.75, 3.05) is 31.7 Å². The van der Waals surface area contributed by atoms with Gasteiger partial charge in [0.1, 0.15) is 12.4 Å². The van der Waals surface area contributed by atoms with Gasteiger partial charge in [0.05, 0.1) is 12.5 Å². The number of ether oxygens (including phenoxy) is 1. The lowest BCUT2D eigenvalue weighted by atomic mass is 10.0. The van der Waals surface area contributed by atoms with Crippen LogP contribution >= 0.6 is 0 Å². The molecule has 2 aliphatic heterocycles. The zero-order valence-corrected chi connectivity index (χ0v) is 17.6. The van der Waals surface area contributed by atoms with Crippen molar-refractivity contribution in [3.63, 3.8) is 0 Å². The van der Waals surface area contributed by atoms with Gasteiger partial charge < -0.3 is 9.64 Å². The van der Waals surface area contributed by atoms with Gasteiger partial charge in [0.15, 0.2) is 5.82 Å². The molecule has 4 rings (SSSR count). The highest BCUT2D eigenvalue weighted by Gasteiger charge is 2.35. The summed E-state index contributed by atoms with van der Waals surface area (Å²) >= 11 is 0. The summed E-state index contributed by atoms with van der Waals surface area (Å²) in [5.41, 5.74) is 2.92. The second-order valence-electron chi connectivity index (χ2n) is 7.96. The smallest absolute Gasteiger partial charge is 0.249 e. The van der Waals surface area contributed by atoms with E-state index < -0.39 is 0 Å². The van der Waals surface area contributed by atoms with E-state index in [0.29, 0.717) is 31.2 Å². The Hall–Kier alpha value is -2.80. The van der Waals surface area contributed by atoms with Gasteiger partial charge in [-0.1, -0.05) is 30.3 Å². The maximum atomic E-state index is 12.7. The van der Waals surface area contributed by atoms with Gasteiger partial charge in [-0.25, -0.2) is 9.97 Å². The van der Waals surface area contributed by atoms with Crippen molar-refractivity contribution in [2.45, 2.75) is 45.1 Å². The highest BCUT2D eigenvalue weighted by Crippen LogP contribution is 2.34. The number of piperidine rings is 1. The zero-order chi connectivity index (χ0) is 21.1. The number of anilines is 1. The molecule has 7 nitrogen and oxygen atoms in total. The van der Waals surface area contributed by atoms with Crippen molar-refractivity contribution in [2.24, 2.45) is 0 Å². The molecule has 2 aromatic rings. The maximum absolute atomic E-state index is 12.7. The summed E-state index contributed by atoms with van der Waals surface area (Å²) in [5, 5.41) is 0. The van der Waals surface area contributed by atoms with Gasteiger partial charge in [0.2, 0.25) is 11.8 Å². The number of aromatic nitrogens is 2. The molecule has 158 valence electrons. The Bertz CT molecular complexity index is 932. The lowest BCUT2D eigenvalue weighted by molar-refractivity contribution is -0.139. The van der Waals surface area contributed by atoms with Crippen molar-refractivity contribution in [3.8, 4) is 0 Å². The van der Waals surface area contributed by atoms with Gasteiger partial charge >= 0.3 is 0 Å². The van der Waals surface area contributed by atoms with Crippen LogP contribution in [-0.4, -0.2) is 53.5 Å². The summed E-state index contributed by atoms with van der Waals surface area (Å²) in [6, 6.07) is 9.97. The predicted octanol–water partition coefficient (Wildman–Crippen LogP) is 2.62. The summed E-state index contributed by atoms with van der Waals surface area (Å²) in [4.78, 5) is 38.5. The molecule has 0 radical (unpaired) electrons. The first-order valence-electron chi connectivity index (χ1n) is 10.6. The van der Waals surface area contributed by atoms with Gasteiger partial charge in [0, 0.05) is 31.5 Å². The van der Waals surface area contributed by atoms with E-state index in [4.69, 9.17) is 14.7 Å². The Kier molecular flexibility index (Phi) is 6.08. The quantitative estimate of drug-likeness (QED) is 0.734. The fourth-order valence-corrected chi connectivity index (χ4v) is 4.37. The largest absolute Gasteiger partial charge is 0.375 e. The van der Waals surface area contributed by atoms with E-state index in [0.717, 1.165) is 36.9 Å². The molecule has 1 aromatic carbocycles.